The summed E-state index contributed by atoms with van der Waals surface area (Å²) in [6.45, 7) is 11.2. The van der Waals surface area contributed by atoms with E-state index in [1.807, 2.05) is 6.92 Å². The minimum atomic E-state index is -0.297. The molecule has 0 heterocycles. The Hall–Kier alpha value is -0.870. The van der Waals surface area contributed by atoms with Gasteiger partial charge >= 0.3 is 5.97 Å². The van der Waals surface area contributed by atoms with Crippen LogP contribution in [0, 0.1) is 5.41 Å². The Morgan fingerprint density at radius 3 is 2.12 bits per heavy atom. The highest BCUT2D eigenvalue weighted by Crippen LogP contribution is 2.34. The van der Waals surface area contributed by atoms with Crippen LogP contribution in [0.25, 0.3) is 0 Å². The Balaban J connectivity index is 2.67. The lowest BCUT2D eigenvalue weighted by molar-refractivity contribution is -0.166. The second kappa shape index (κ2) is 13.3. The average Bonchev–Trinajstić information content (AvgIpc) is 2.63. The van der Waals surface area contributed by atoms with Crippen molar-refractivity contribution in [1.82, 2.24) is 0 Å². The summed E-state index contributed by atoms with van der Waals surface area (Å²) in [6.07, 6.45) is 12.8. The van der Waals surface area contributed by atoms with Gasteiger partial charge in [-0.05, 0) is 33.1 Å². The Kier molecular flexibility index (Phi) is 11.9. The van der Waals surface area contributed by atoms with Crippen LogP contribution in [-0.4, -0.2) is 32.1 Å². The van der Waals surface area contributed by atoms with E-state index in [9.17, 15) is 4.79 Å². The van der Waals surface area contributed by atoms with Crippen LogP contribution in [0.2, 0.25) is 0 Å². The molecule has 4 heteroatoms. The molecule has 152 valence electrons. The van der Waals surface area contributed by atoms with E-state index in [4.69, 9.17) is 14.2 Å². The predicted octanol–water partition coefficient (Wildman–Crippen LogP) is 5.80. The zero-order chi connectivity index (χ0) is 19.3. The van der Waals surface area contributed by atoms with Gasteiger partial charge in [-0.1, -0.05) is 64.9 Å². The lowest BCUT2D eigenvalue weighted by Gasteiger charge is -2.35. The van der Waals surface area contributed by atoms with Crippen molar-refractivity contribution in [3.63, 3.8) is 0 Å². The van der Waals surface area contributed by atoms with Crippen molar-refractivity contribution >= 4 is 5.97 Å². The molecule has 0 aromatic rings. The largest absolute Gasteiger partial charge is 0.462 e. The minimum Gasteiger partial charge on any atom is -0.462 e. The number of ether oxygens (including phenoxy) is 3. The zero-order valence-corrected chi connectivity index (χ0v) is 17.3. The third kappa shape index (κ3) is 9.72. The summed E-state index contributed by atoms with van der Waals surface area (Å²) in [5.41, 5.74) is 0.349. The van der Waals surface area contributed by atoms with Crippen LogP contribution in [-0.2, 0) is 19.0 Å². The first kappa shape index (κ1) is 23.2. The lowest BCUT2D eigenvalue weighted by atomic mass is 9.78. The predicted molar refractivity (Wildman–Crippen MR) is 106 cm³/mol. The maximum atomic E-state index is 11.9. The SMILES string of the molecule is C=C(C)C(=O)OCC1(COC(C)OCCCC)CCCCCCCCC1. The number of esters is 1. The molecule has 1 atom stereocenters. The van der Waals surface area contributed by atoms with Gasteiger partial charge in [0.1, 0.15) is 0 Å². The number of hydrogen-bond donors (Lipinski definition) is 0. The van der Waals surface area contributed by atoms with Gasteiger partial charge in [0.2, 0.25) is 0 Å². The van der Waals surface area contributed by atoms with Crippen LogP contribution >= 0.6 is 0 Å². The van der Waals surface area contributed by atoms with Crippen molar-refractivity contribution in [1.29, 1.82) is 0 Å². The summed E-state index contributed by atoms with van der Waals surface area (Å²) in [6, 6.07) is 0. The first-order chi connectivity index (χ1) is 12.5. The first-order valence-electron chi connectivity index (χ1n) is 10.5. The van der Waals surface area contributed by atoms with Crippen LogP contribution < -0.4 is 0 Å². The molecule has 0 aromatic heterocycles. The third-order valence-electron chi connectivity index (χ3n) is 5.25. The van der Waals surface area contributed by atoms with E-state index in [0.29, 0.717) is 18.8 Å². The van der Waals surface area contributed by atoms with E-state index in [2.05, 4.69) is 13.5 Å². The zero-order valence-electron chi connectivity index (χ0n) is 17.3. The standard InChI is InChI=1S/C22H40O4/c1-5-6-16-24-20(4)25-17-22(18-26-21(23)19(2)3)14-12-10-8-7-9-11-13-15-22/h20H,2,5-18H2,1,3-4H3. The first-order valence-corrected chi connectivity index (χ1v) is 10.5. The molecular formula is C22H40O4. The van der Waals surface area contributed by atoms with E-state index in [1.165, 1.54) is 44.9 Å². The quantitative estimate of drug-likeness (QED) is 0.212. The molecule has 0 saturated heterocycles. The van der Waals surface area contributed by atoms with E-state index < -0.39 is 0 Å². The average molecular weight is 369 g/mol. The summed E-state index contributed by atoms with van der Waals surface area (Å²) < 4.78 is 17.4. The minimum absolute atomic E-state index is 0.106. The van der Waals surface area contributed by atoms with Crippen LogP contribution in [0.5, 0.6) is 0 Å². The lowest BCUT2D eigenvalue weighted by Crippen LogP contribution is -2.36. The molecule has 1 rings (SSSR count). The summed E-state index contributed by atoms with van der Waals surface area (Å²) in [5, 5.41) is 0. The Labute approximate surface area is 160 Å². The molecule has 0 N–H and O–H groups in total. The smallest absolute Gasteiger partial charge is 0.333 e. The Morgan fingerprint density at radius 2 is 1.58 bits per heavy atom. The van der Waals surface area contributed by atoms with E-state index in [1.54, 1.807) is 6.92 Å². The number of carbonyl (C=O) groups is 1. The summed E-state index contributed by atoms with van der Waals surface area (Å²) in [7, 11) is 0. The second-order valence-corrected chi connectivity index (χ2v) is 7.93. The highest BCUT2D eigenvalue weighted by atomic mass is 16.7. The molecule has 4 nitrogen and oxygen atoms in total. The van der Waals surface area contributed by atoms with Crippen molar-refractivity contribution in [2.45, 2.75) is 97.7 Å². The maximum absolute atomic E-state index is 11.9. The molecule has 1 fully saturated rings. The molecule has 1 unspecified atom stereocenters. The van der Waals surface area contributed by atoms with Crippen LogP contribution in [0.4, 0.5) is 0 Å². The molecule has 0 aliphatic heterocycles. The van der Waals surface area contributed by atoms with Crippen LogP contribution in [0.1, 0.15) is 91.4 Å². The van der Waals surface area contributed by atoms with E-state index in [0.717, 1.165) is 32.3 Å². The van der Waals surface area contributed by atoms with Gasteiger partial charge in [-0.3, -0.25) is 0 Å². The molecule has 1 aliphatic rings. The molecule has 26 heavy (non-hydrogen) atoms. The molecule has 0 amide bonds. The summed E-state index contributed by atoms with van der Waals surface area (Å²) >= 11 is 0. The van der Waals surface area contributed by atoms with Gasteiger partial charge in [0.05, 0.1) is 13.2 Å². The maximum Gasteiger partial charge on any atom is 0.333 e. The van der Waals surface area contributed by atoms with E-state index in [-0.39, 0.29) is 17.7 Å². The van der Waals surface area contributed by atoms with Crippen molar-refractivity contribution in [2.75, 3.05) is 19.8 Å². The van der Waals surface area contributed by atoms with Crippen molar-refractivity contribution < 1.29 is 19.0 Å². The molecule has 1 saturated carbocycles. The Bertz CT molecular complexity index is 395. The molecule has 1 aliphatic carbocycles. The van der Waals surface area contributed by atoms with Gasteiger partial charge in [0.25, 0.3) is 0 Å². The third-order valence-corrected chi connectivity index (χ3v) is 5.25. The van der Waals surface area contributed by atoms with Crippen LogP contribution in [0.15, 0.2) is 12.2 Å². The van der Waals surface area contributed by atoms with Gasteiger partial charge < -0.3 is 14.2 Å². The monoisotopic (exact) mass is 368 g/mol. The van der Waals surface area contributed by atoms with E-state index >= 15 is 0 Å². The van der Waals surface area contributed by atoms with Gasteiger partial charge in [0, 0.05) is 17.6 Å². The summed E-state index contributed by atoms with van der Waals surface area (Å²) in [4.78, 5) is 11.9. The fourth-order valence-electron chi connectivity index (χ4n) is 3.42. The van der Waals surface area contributed by atoms with Crippen molar-refractivity contribution in [2.24, 2.45) is 5.41 Å². The van der Waals surface area contributed by atoms with Gasteiger partial charge in [-0.25, -0.2) is 4.79 Å². The number of hydrogen-bond acceptors (Lipinski definition) is 4. The number of unbranched alkanes of at least 4 members (excludes halogenated alkanes) is 1. The number of carbonyl (C=O) groups excluding carboxylic acids is 1. The highest BCUT2D eigenvalue weighted by Gasteiger charge is 2.32. The molecule has 0 spiro atoms. The normalized spacial score (nSPS) is 19.5. The number of rotatable bonds is 10. The van der Waals surface area contributed by atoms with Crippen molar-refractivity contribution in [3.05, 3.63) is 12.2 Å². The highest BCUT2D eigenvalue weighted by molar-refractivity contribution is 5.86. The molecular weight excluding hydrogens is 328 g/mol. The van der Waals surface area contributed by atoms with Crippen LogP contribution in [0.3, 0.4) is 0 Å². The topological polar surface area (TPSA) is 44.8 Å². The molecule has 0 bridgehead atoms. The van der Waals surface area contributed by atoms with Crippen molar-refractivity contribution in [3.8, 4) is 0 Å². The Morgan fingerprint density at radius 1 is 1.00 bits per heavy atom. The van der Waals surface area contributed by atoms with Gasteiger partial charge in [-0.2, -0.15) is 0 Å². The molecule has 0 aromatic carbocycles. The van der Waals surface area contributed by atoms with Gasteiger partial charge in [0.15, 0.2) is 6.29 Å². The summed E-state index contributed by atoms with van der Waals surface area (Å²) in [5.74, 6) is -0.297. The fraction of sp³-hybridized carbons (Fsp3) is 0.864. The fourth-order valence-corrected chi connectivity index (χ4v) is 3.42. The second-order valence-electron chi connectivity index (χ2n) is 7.93. The van der Waals surface area contributed by atoms with Gasteiger partial charge in [-0.15, -0.1) is 0 Å². The molecule has 0 radical (unpaired) electrons.